The van der Waals surface area contributed by atoms with Crippen LogP contribution in [0.3, 0.4) is 0 Å². The number of halogens is 5. The number of alkyl halides is 2. The van der Waals surface area contributed by atoms with Crippen LogP contribution in [0.25, 0.3) is 10.9 Å². The summed E-state index contributed by atoms with van der Waals surface area (Å²) in [5.41, 5.74) is 0.517. The average molecular weight is 524 g/mol. The number of fused-ring (bicyclic) bond motifs is 1. The van der Waals surface area contributed by atoms with E-state index in [1.54, 1.807) is 6.92 Å². The second-order valence-corrected chi connectivity index (χ2v) is 9.09. The van der Waals surface area contributed by atoms with Crippen LogP contribution in [0.4, 0.5) is 33.5 Å². The van der Waals surface area contributed by atoms with Gasteiger partial charge in [-0.05, 0) is 68.0 Å². The Morgan fingerprint density at radius 2 is 1.76 bits per heavy atom. The van der Waals surface area contributed by atoms with Gasteiger partial charge < -0.3 is 4.90 Å². The van der Waals surface area contributed by atoms with Crippen LogP contribution in [-0.4, -0.2) is 28.4 Å². The zero-order chi connectivity index (χ0) is 28.1. The number of aryl methyl sites for hydroxylation is 1. The van der Waals surface area contributed by atoms with Crippen LogP contribution in [0, 0.1) is 40.6 Å². The van der Waals surface area contributed by atoms with E-state index in [1.165, 1.54) is 38.3 Å². The third-order valence-electron chi connectivity index (χ3n) is 6.17. The Hall–Kier alpha value is -3.30. The molecule has 1 saturated carbocycles. The molecule has 0 unspecified atom stereocenters. The van der Waals surface area contributed by atoms with Gasteiger partial charge in [-0.1, -0.05) is 34.1 Å². The lowest BCUT2D eigenvalue weighted by atomic mass is 10.1. The van der Waals surface area contributed by atoms with E-state index < -0.39 is 47.2 Å². The summed E-state index contributed by atoms with van der Waals surface area (Å²) in [5, 5.41) is 15.4. The summed E-state index contributed by atoms with van der Waals surface area (Å²) >= 11 is 0. The van der Waals surface area contributed by atoms with Gasteiger partial charge in [0.15, 0.2) is 11.6 Å². The van der Waals surface area contributed by atoms with Gasteiger partial charge in [0.2, 0.25) is 5.62 Å². The van der Waals surface area contributed by atoms with Gasteiger partial charge in [0.05, 0.1) is 17.4 Å². The van der Waals surface area contributed by atoms with Gasteiger partial charge in [-0.25, -0.2) is 22.0 Å². The summed E-state index contributed by atoms with van der Waals surface area (Å²) < 4.78 is 70.2. The Kier molecular flexibility index (Phi) is 9.94. The Balaban J connectivity index is 0.000000519. The predicted molar refractivity (Wildman–Crippen MR) is 137 cm³/mol. The third-order valence-corrected chi connectivity index (χ3v) is 6.17. The Morgan fingerprint density at radius 3 is 2.22 bits per heavy atom. The normalized spacial score (nSPS) is 13.4. The first-order valence-corrected chi connectivity index (χ1v) is 12.2. The van der Waals surface area contributed by atoms with Gasteiger partial charge >= 0.3 is 0 Å². The second-order valence-electron chi connectivity index (χ2n) is 9.09. The molecule has 2 aromatic carbocycles. The fourth-order valence-corrected chi connectivity index (χ4v) is 3.69. The molecule has 2 N–H and O–H groups in total. The molecular formula is C27H34F5N5. The summed E-state index contributed by atoms with van der Waals surface area (Å²) in [7, 11) is 0. The first-order valence-electron chi connectivity index (χ1n) is 12.2. The molecule has 1 fully saturated rings. The van der Waals surface area contributed by atoms with Crippen LogP contribution < -0.4 is 10.5 Å². The maximum Gasteiger partial charge on any atom is 0.256 e. The molecule has 37 heavy (non-hydrogen) atoms. The van der Waals surface area contributed by atoms with E-state index in [9.17, 15) is 22.0 Å². The van der Waals surface area contributed by atoms with Crippen LogP contribution in [-0.2, 0) is 0 Å². The van der Waals surface area contributed by atoms with Crippen LogP contribution >= 0.6 is 0 Å². The van der Waals surface area contributed by atoms with Crippen molar-refractivity contribution in [2.45, 2.75) is 67.2 Å². The van der Waals surface area contributed by atoms with Crippen LogP contribution in [0.2, 0.25) is 0 Å². The van der Waals surface area contributed by atoms with Crippen LogP contribution in [0.15, 0.2) is 30.3 Å². The molecule has 10 heteroatoms. The molecule has 0 radical (unpaired) electrons. The van der Waals surface area contributed by atoms with E-state index >= 15 is 0 Å². The van der Waals surface area contributed by atoms with Crippen LogP contribution in [0.5, 0.6) is 0 Å². The van der Waals surface area contributed by atoms with Gasteiger partial charge in [-0.2, -0.15) is 4.98 Å². The maximum absolute atomic E-state index is 14.8. The maximum atomic E-state index is 14.8. The second kappa shape index (κ2) is 12.3. The lowest BCUT2D eigenvalue weighted by Crippen LogP contribution is -2.33. The number of anilines is 2. The van der Waals surface area contributed by atoms with Crippen molar-refractivity contribution >= 4 is 28.2 Å². The molecule has 1 heterocycles. The molecule has 0 spiro atoms. The quantitative estimate of drug-likeness (QED) is 0.204. The summed E-state index contributed by atoms with van der Waals surface area (Å²) in [6.45, 7) is 10.5. The molecule has 1 aliphatic rings. The number of hydrogen-bond donors (Lipinski definition) is 2. The molecule has 0 bridgehead atoms. The summed E-state index contributed by atoms with van der Waals surface area (Å²) in [6.07, 6.45) is 1.41. The highest BCUT2D eigenvalue weighted by atomic mass is 19.3. The van der Waals surface area contributed by atoms with E-state index in [4.69, 9.17) is 10.8 Å². The molecule has 3 aromatic rings. The fourth-order valence-electron chi connectivity index (χ4n) is 3.69. The molecule has 0 amide bonds. The number of rotatable bonds is 5. The number of benzene rings is 2. The molecular weight excluding hydrogens is 489 g/mol. The number of nitrogens with one attached hydrogen (secondary N) is 2. The van der Waals surface area contributed by atoms with E-state index in [0.29, 0.717) is 5.56 Å². The van der Waals surface area contributed by atoms with Crippen molar-refractivity contribution in [2.24, 2.45) is 5.41 Å². The molecule has 1 aliphatic carbocycles. The van der Waals surface area contributed by atoms with Crippen molar-refractivity contribution in [1.29, 1.82) is 10.8 Å². The Morgan fingerprint density at radius 1 is 1.14 bits per heavy atom. The van der Waals surface area contributed by atoms with Gasteiger partial charge in [0.1, 0.15) is 17.5 Å². The van der Waals surface area contributed by atoms with Crippen molar-refractivity contribution in [2.75, 3.05) is 11.4 Å². The van der Waals surface area contributed by atoms with E-state index in [1.807, 2.05) is 13.8 Å². The van der Waals surface area contributed by atoms with Gasteiger partial charge in [0.25, 0.3) is 6.43 Å². The number of aromatic nitrogens is 2. The molecule has 5 nitrogen and oxygen atoms in total. The van der Waals surface area contributed by atoms with Gasteiger partial charge in [-0.3, -0.25) is 15.4 Å². The van der Waals surface area contributed by atoms with Gasteiger partial charge in [-0.15, -0.1) is 0 Å². The van der Waals surface area contributed by atoms with Crippen molar-refractivity contribution in [3.63, 3.8) is 0 Å². The largest absolute Gasteiger partial charge is 0.320 e. The molecule has 4 rings (SSSR count). The molecule has 202 valence electrons. The summed E-state index contributed by atoms with van der Waals surface area (Å²) in [5.74, 6) is -3.99. The highest BCUT2D eigenvalue weighted by Crippen LogP contribution is 2.47. The fraction of sp³-hybridized carbons (Fsp3) is 0.444. The standard InChI is InChI=1S/C19H16F5N5.C6H12.C2H6/c1-9-5-11(20)7-12(6-9)28(8-15(22)23)18-16-14(4-3-13(21)17(16)24)29(10(2)25)19(26)27-18;1-3-6(2)4-5-6;1-2/h3-7,15,25-26H,8H2,1-2H3;3-5H2,1-2H3;1-2H3. The van der Waals surface area contributed by atoms with Crippen molar-refractivity contribution < 1.29 is 22.0 Å². The van der Waals surface area contributed by atoms with Crippen molar-refractivity contribution in [3.8, 4) is 0 Å². The lowest BCUT2D eigenvalue weighted by Gasteiger charge is -2.26. The summed E-state index contributed by atoms with van der Waals surface area (Å²) in [4.78, 5) is 4.71. The first-order chi connectivity index (χ1) is 17.4. The lowest BCUT2D eigenvalue weighted by molar-refractivity contribution is 0.157. The highest BCUT2D eigenvalue weighted by molar-refractivity contribution is 5.97. The predicted octanol–water partition coefficient (Wildman–Crippen LogP) is 7.71. The molecule has 0 atom stereocenters. The zero-order valence-corrected chi connectivity index (χ0v) is 22.0. The monoisotopic (exact) mass is 523 g/mol. The number of nitrogens with zero attached hydrogens (tertiary/aromatic N) is 3. The van der Waals surface area contributed by atoms with Crippen molar-refractivity contribution in [1.82, 2.24) is 9.55 Å². The van der Waals surface area contributed by atoms with E-state index in [-0.39, 0.29) is 17.0 Å². The highest BCUT2D eigenvalue weighted by Gasteiger charge is 2.34. The minimum atomic E-state index is -2.92. The Labute approximate surface area is 214 Å². The molecule has 1 aromatic heterocycles. The SMILES string of the molecule is CC.CC(=N)n1c(=N)nc(N(CC(F)F)c2cc(C)cc(F)c2)c2c(F)c(F)ccc21.CCC1(C)CC1. The third kappa shape index (κ3) is 7.14. The number of hydrogen-bond acceptors (Lipinski definition) is 4. The topological polar surface area (TPSA) is 68.8 Å². The molecule has 0 aliphatic heterocycles. The smallest absolute Gasteiger partial charge is 0.256 e. The van der Waals surface area contributed by atoms with Crippen molar-refractivity contribution in [3.05, 3.63) is 59.0 Å². The minimum absolute atomic E-state index is 0.0519. The van der Waals surface area contributed by atoms with Crippen LogP contribution in [0.1, 0.15) is 59.4 Å². The Bertz CT molecular complexity index is 1290. The first kappa shape index (κ1) is 29.9. The van der Waals surface area contributed by atoms with E-state index in [2.05, 4.69) is 18.8 Å². The average Bonchev–Trinajstić information content (AvgIpc) is 3.58. The minimum Gasteiger partial charge on any atom is -0.320 e. The summed E-state index contributed by atoms with van der Waals surface area (Å²) in [6, 6.07) is 5.48. The zero-order valence-electron chi connectivity index (χ0n) is 22.0. The van der Waals surface area contributed by atoms with E-state index in [0.717, 1.165) is 33.1 Å². The molecule has 0 saturated heterocycles. The van der Waals surface area contributed by atoms with Gasteiger partial charge in [0, 0.05) is 5.69 Å².